The molecule has 36 heavy (non-hydrogen) atoms. The van der Waals surface area contributed by atoms with E-state index in [2.05, 4.69) is 53.7 Å². The molecule has 0 saturated carbocycles. The summed E-state index contributed by atoms with van der Waals surface area (Å²) in [6.07, 6.45) is 13.8. The second-order valence-electron chi connectivity index (χ2n) is 12.1. The van der Waals surface area contributed by atoms with Crippen molar-refractivity contribution in [3.05, 3.63) is 47.1 Å². The molecule has 5 heteroatoms. The first-order valence-electron chi connectivity index (χ1n) is 13.9. The van der Waals surface area contributed by atoms with Gasteiger partial charge in [-0.2, -0.15) is 0 Å². The number of aliphatic hydroxyl groups is 1. The molecule has 2 fully saturated rings. The van der Waals surface area contributed by atoms with E-state index >= 15 is 0 Å². The zero-order chi connectivity index (χ0) is 26.3. The molecule has 2 bridgehead atoms. The van der Waals surface area contributed by atoms with Crippen molar-refractivity contribution in [1.29, 1.82) is 0 Å². The summed E-state index contributed by atoms with van der Waals surface area (Å²) in [4.78, 5) is 13.8. The third-order valence-electron chi connectivity index (χ3n) is 9.32. The summed E-state index contributed by atoms with van der Waals surface area (Å²) in [5.41, 5.74) is 1.42. The molecule has 5 nitrogen and oxygen atoms in total. The highest BCUT2D eigenvalue weighted by molar-refractivity contribution is 5.78. The SMILES string of the molecule is CCC[C@]1(C)C[C@@H]2C[C@@H](C/C=C(\C)C(C)[C@@H](C)/C=C/C=C3\COC4C(C)C(C)=C[C@@H](C(=O)O2)[C@]34O)O1. The smallest absolute Gasteiger partial charge is 0.316 e. The van der Waals surface area contributed by atoms with Crippen LogP contribution in [0.3, 0.4) is 0 Å². The quantitative estimate of drug-likeness (QED) is 0.369. The number of carbonyl (C=O) groups excluding carboxylic acids is 1. The minimum absolute atomic E-state index is 0.00114. The van der Waals surface area contributed by atoms with E-state index in [0.29, 0.717) is 31.3 Å². The van der Waals surface area contributed by atoms with Gasteiger partial charge in [0.25, 0.3) is 0 Å². The second-order valence-corrected chi connectivity index (χ2v) is 12.1. The van der Waals surface area contributed by atoms with Crippen molar-refractivity contribution in [1.82, 2.24) is 0 Å². The van der Waals surface area contributed by atoms with E-state index in [1.54, 1.807) is 0 Å². The Morgan fingerprint density at radius 1 is 1.11 bits per heavy atom. The van der Waals surface area contributed by atoms with Crippen LogP contribution in [0.1, 0.15) is 80.6 Å². The highest BCUT2D eigenvalue weighted by Gasteiger charge is 2.58. The summed E-state index contributed by atoms with van der Waals surface area (Å²) < 4.78 is 19.0. The molecular formula is C31H46O5. The molecule has 3 aliphatic heterocycles. The number of carbonyl (C=O) groups is 1. The van der Waals surface area contributed by atoms with Crippen LogP contribution in [0.4, 0.5) is 0 Å². The molecule has 0 aromatic rings. The van der Waals surface area contributed by atoms with Gasteiger partial charge < -0.3 is 19.3 Å². The Labute approximate surface area is 217 Å². The summed E-state index contributed by atoms with van der Waals surface area (Å²) >= 11 is 0. The van der Waals surface area contributed by atoms with Gasteiger partial charge in [-0.15, -0.1) is 0 Å². The molecule has 3 heterocycles. The van der Waals surface area contributed by atoms with Gasteiger partial charge in [0, 0.05) is 18.8 Å². The average molecular weight is 499 g/mol. The highest BCUT2D eigenvalue weighted by atomic mass is 16.6. The Kier molecular flexibility index (Phi) is 8.04. The van der Waals surface area contributed by atoms with Crippen LogP contribution in [0, 0.1) is 23.7 Å². The van der Waals surface area contributed by atoms with Crippen molar-refractivity contribution in [2.45, 2.75) is 110 Å². The third-order valence-corrected chi connectivity index (χ3v) is 9.32. The number of rotatable bonds is 2. The van der Waals surface area contributed by atoms with Crippen molar-refractivity contribution in [2.75, 3.05) is 6.61 Å². The van der Waals surface area contributed by atoms with Crippen molar-refractivity contribution < 1.29 is 24.1 Å². The number of hydrogen-bond donors (Lipinski definition) is 1. The Morgan fingerprint density at radius 2 is 1.86 bits per heavy atom. The van der Waals surface area contributed by atoms with E-state index in [1.807, 2.05) is 25.2 Å². The summed E-state index contributed by atoms with van der Waals surface area (Å²) in [6, 6.07) is 0. The van der Waals surface area contributed by atoms with Crippen LogP contribution < -0.4 is 0 Å². The largest absolute Gasteiger partial charge is 0.462 e. The van der Waals surface area contributed by atoms with E-state index < -0.39 is 17.6 Å². The van der Waals surface area contributed by atoms with Crippen molar-refractivity contribution in [3.63, 3.8) is 0 Å². The first kappa shape index (κ1) is 27.3. The Hall–Kier alpha value is -1.69. The van der Waals surface area contributed by atoms with Crippen molar-refractivity contribution in [3.8, 4) is 0 Å². The van der Waals surface area contributed by atoms with Crippen LogP contribution in [0.5, 0.6) is 0 Å². The second kappa shape index (κ2) is 10.6. The minimum atomic E-state index is -1.40. The van der Waals surface area contributed by atoms with E-state index in [1.165, 1.54) is 5.57 Å². The number of esters is 1. The Balaban J connectivity index is 1.76. The fourth-order valence-electron chi connectivity index (χ4n) is 6.67. The lowest BCUT2D eigenvalue weighted by Crippen LogP contribution is -2.55. The number of allylic oxidation sites excluding steroid dienone is 4. The fraction of sp³-hybridized carbons (Fsp3) is 0.710. The number of ether oxygens (including phenoxy) is 3. The molecule has 1 aliphatic carbocycles. The zero-order valence-corrected chi connectivity index (χ0v) is 23.3. The van der Waals surface area contributed by atoms with Gasteiger partial charge in [-0.3, -0.25) is 4.79 Å². The maximum atomic E-state index is 13.8. The monoisotopic (exact) mass is 498 g/mol. The predicted octanol–water partition coefficient (Wildman–Crippen LogP) is 6.08. The number of fused-ring (bicyclic) bond motifs is 2. The van der Waals surface area contributed by atoms with E-state index in [-0.39, 0.29) is 29.7 Å². The maximum Gasteiger partial charge on any atom is 0.316 e. The third kappa shape index (κ3) is 5.16. The molecule has 2 saturated heterocycles. The van der Waals surface area contributed by atoms with E-state index in [4.69, 9.17) is 14.2 Å². The van der Waals surface area contributed by atoms with Gasteiger partial charge in [0.05, 0.1) is 24.4 Å². The molecule has 3 unspecified atom stereocenters. The molecule has 9 atom stereocenters. The summed E-state index contributed by atoms with van der Waals surface area (Å²) in [5, 5.41) is 12.1. The topological polar surface area (TPSA) is 65.0 Å². The standard InChI is InChI=1S/C31H46O5/c1-8-14-30(7)17-26-16-25(36-30)13-12-20(3)22(5)19(2)10-9-11-24-18-34-28-23(6)21(4)15-27(29(32)35-26)31(24,28)33/h9-12,15,19,22-23,25-28,33H,8,13-14,16-18H2,1-7H3/b10-9+,20-12+,24-11+/t19-,22?,23?,25+,26-,27-,28?,30+,31+/m0/s1. The molecule has 1 N–H and O–H groups in total. The van der Waals surface area contributed by atoms with E-state index in [9.17, 15) is 9.90 Å². The first-order chi connectivity index (χ1) is 17.0. The summed E-state index contributed by atoms with van der Waals surface area (Å²) in [7, 11) is 0. The van der Waals surface area contributed by atoms with Crippen LogP contribution in [-0.2, 0) is 19.0 Å². The lowest BCUT2D eigenvalue weighted by Gasteiger charge is -2.44. The van der Waals surface area contributed by atoms with Crippen molar-refractivity contribution in [2.24, 2.45) is 23.7 Å². The normalized spacial score (nSPS) is 47.5. The molecule has 4 rings (SSSR count). The Morgan fingerprint density at radius 3 is 2.58 bits per heavy atom. The highest BCUT2D eigenvalue weighted by Crippen LogP contribution is 2.48. The average Bonchev–Trinajstić information content (AvgIpc) is 3.15. The molecule has 4 aliphatic rings. The first-order valence-corrected chi connectivity index (χ1v) is 13.9. The van der Waals surface area contributed by atoms with E-state index in [0.717, 1.165) is 30.4 Å². The molecule has 0 amide bonds. The molecular weight excluding hydrogens is 452 g/mol. The minimum Gasteiger partial charge on any atom is -0.462 e. The zero-order valence-electron chi connectivity index (χ0n) is 23.3. The molecule has 200 valence electrons. The fourth-order valence-corrected chi connectivity index (χ4v) is 6.67. The summed E-state index contributed by atoms with van der Waals surface area (Å²) in [5.74, 6) is -0.412. The van der Waals surface area contributed by atoms with Gasteiger partial charge in [-0.1, -0.05) is 75.6 Å². The molecule has 0 spiro atoms. The maximum absolute atomic E-state index is 13.8. The van der Waals surface area contributed by atoms with Crippen LogP contribution >= 0.6 is 0 Å². The molecule has 0 radical (unpaired) electrons. The van der Waals surface area contributed by atoms with Gasteiger partial charge in [0.2, 0.25) is 0 Å². The van der Waals surface area contributed by atoms with Crippen LogP contribution in [-0.4, -0.2) is 47.2 Å². The molecule has 0 aromatic carbocycles. The van der Waals surface area contributed by atoms with Crippen LogP contribution in [0.15, 0.2) is 47.1 Å². The Bertz CT molecular complexity index is 960. The van der Waals surface area contributed by atoms with Gasteiger partial charge in [0.15, 0.2) is 0 Å². The lowest BCUT2D eigenvalue weighted by molar-refractivity contribution is -0.189. The lowest BCUT2D eigenvalue weighted by atomic mass is 9.68. The molecule has 0 aromatic heterocycles. The van der Waals surface area contributed by atoms with Crippen LogP contribution in [0.25, 0.3) is 0 Å². The van der Waals surface area contributed by atoms with Gasteiger partial charge in [-0.25, -0.2) is 0 Å². The summed E-state index contributed by atoms with van der Waals surface area (Å²) in [6.45, 7) is 15.4. The van der Waals surface area contributed by atoms with Crippen LogP contribution in [0.2, 0.25) is 0 Å². The van der Waals surface area contributed by atoms with Crippen molar-refractivity contribution >= 4 is 5.97 Å². The predicted molar refractivity (Wildman–Crippen MR) is 142 cm³/mol. The van der Waals surface area contributed by atoms with Gasteiger partial charge in [-0.05, 0) is 51.0 Å². The number of hydrogen-bond acceptors (Lipinski definition) is 5. The van der Waals surface area contributed by atoms with Gasteiger partial charge >= 0.3 is 5.97 Å². The van der Waals surface area contributed by atoms with Gasteiger partial charge in [0.1, 0.15) is 17.6 Å².